The van der Waals surface area contributed by atoms with Gasteiger partial charge in [0.25, 0.3) is 0 Å². The smallest absolute Gasteiger partial charge is 0.374 e. The van der Waals surface area contributed by atoms with E-state index in [0.29, 0.717) is 47.5 Å². The molecule has 0 bridgehead atoms. The topological polar surface area (TPSA) is 18.5 Å². The number of thioether (sulfide) groups is 1. The van der Waals surface area contributed by atoms with E-state index in [4.69, 9.17) is 6.42 Å². The second-order valence-corrected chi connectivity index (χ2v) is 8.51. The Bertz CT molecular complexity index is 914. The van der Waals surface area contributed by atoms with E-state index in [2.05, 4.69) is 28.3 Å². The van der Waals surface area contributed by atoms with Crippen molar-refractivity contribution in [2.45, 2.75) is 24.5 Å². The number of halogens is 4. The molecular formula is C23H25F4N3S. The standard InChI is InChI=1S/C23H25F4N3S/c1-3-8-28-19-6-4-18(5-7-19)15-29-9-11-30(12-10-29)21-14-22(17(2)13-20(21)24)31-16-23(25,26)27/h1,4-7,13-14,28H,8-12,15-16H2,2H3. The maximum Gasteiger partial charge on any atom is 0.398 e. The molecule has 0 atom stereocenters. The van der Waals surface area contributed by atoms with Gasteiger partial charge in [0, 0.05) is 43.3 Å². The number of anilines is 2. The third-order valence-electron chi connectivity index (χ3n) is 5.10. The molecule has 1 fully saturated rings. The molecular weight excluding hydrogens is 426 g/mol. The summed E-state index contributed by atoms with van der Waals surface area (Å²) < 4.78 is 52.3. The summed E-state index contributed by atoms with van der Waals surface area (Å²) in [6, 6.07) is 11.0. The number of hydrogen-bond donors (Lipinski definition) is 1. The van der Waals surface area contributed by atoms with Crippen LogP contribution in [-0.4, -0.2) is 49.6 Å². The monoisotopic (exact) mass is 451 g/mol. The molecule has 3 nitrogen and oxygen atoms in total. The van der Waals surface area contributed by atoms with Gasteiger partial charge in [0.2, 0.25) is 0 Å². The normalized spacial score (nSPS) is 15.0. The summed E-state index contributed by atoms with van der Waals surface area (Å²) in [6.45, 7) is 5.62. The number of terminal acetylenes is 1. The third-order valence-corrected chi connectivity index (χ3v) is 6.33. The Kier molecular flexibility index (Phi) is 7.74. The number of benzene rings is 2. The van der Waals surface area contributed by atoms with Crippen molar-refractivity contribution in [3.63, 3.8) is 0 Å². The van der Waals surface area contributed by atoms with E-state index in [1.165, 1.54) is 11.6 Å². The van der Waals surface area contributed by atoms with Crippen LogP contribution >= 0.6 is 11.8 Å². The fourth-order valence-corrected chi connectivity index (χ4v) is 4.29. The predicted octanol–water partition coefficient (Wildman–Crippen LogP) is 5.16. The molecule has 3 rings (SSSR count). The summed E-state index contributed by atoms with van der Waals surface area (Å²) in [6.07, 6.45) is 0.990. The van der Waals surface area contributed by atoms with E-state index in [1.54, 1.807) is 13.0 Å². The number of nitrogens with zero attached hydrogens (tertiary/aromatic N) is 2. The highest BCUT2D eigenvalue weighted by molar-refractivity contribution is 7.99. The first-order valence-electron chi connectivity index (χ1n) is 9.98. The largest absolute Gasteiger partial charge is 0.398 e. The summed E-state index contributed by atoms with van der Waals surface area (Å²) in [5.41, 5.74) is 3.04. The lowest BCUT2D eigenvalue weighted by molar-refractivity contribution is -0.105. The zero-order valence-corrected chi connectivity index (χ0v) is 18.1. The Morgan fingerprint density at radius 3 is 2.39 bits per heavy atom. The Labute approximate surface area is 184 Å². The molecule has 2 aromatic carbocycles. The highest BCUT2D eigenvalue weighted by Crippen LogP contribution is 2.34. The molecule has 1 saturated heterocycles. The third kappa shape index (κ3) is 6.81. The van der Waals surface area contributed by atoms with Gasteiger partial charge < -0.3 is 10.2 Å². The van der Waals surface area contributed by atoms with Crippen molar-refractivity contribution in [2.24, 2.45) is 0 Å². The number of rotatable bonds is 7. The first-order valence-corrected chi connectivity index (χ1v) is 11.0. The van der Waals surface area contributed by atoms with Gasteiger partial charge >= 0.3 is 6.18 Å². The molecule has 0 radical (unpaired) electrons. The zero-order valence-electron chi connectivity index (χ0n) is 17.3. The molecule has 1 N–H and O–H groups in total. The minimum Gasteiger partial charge on any atom is -0.374 e. The van der Waals surface area contributed by atoms with Crippen LogP contribution in [0, 0.1) is 25.1 Å². The highest BCUT2D eigenvalue weighted by Gasteiger charge is 2.28. The van der Waals surface area contributed by atoms with Gasteiger partial charge in [0.05, 0.1) is 18.0 Å². The molecule has 0 unspecified atom stereocenters. The van der Waals surface area contributed by atoms with Crippen LogP contribution in [0.5, 0.6) is 0 Å². The van der Waals surface area contributed by atoms with Gasteiger partial charge in [-0.2, -0.15) is 13.2 Å². The average Bonchev–Trinajstić information content (AvgIpc) is 2.73. The van der Waals surface area contributed by atoms with Gasteiger partial charge in [-0.1, -0.05) is 18.1 Å². The average molecular weight is 452 g/mol. The van der Waals surface area contributed by atoms with E-state index in [9.17, 15) is 17.6 Å². The molecule has 0 saturated carbocycles. The van der Waals surface area contributed by atoms with Gasteiger partial charge in [-0.25, -0.2) is 4.39 Å². The Morgan fingerprint density at radius 2 is 1.77 bits per heavy atom. The number of hydrogen-bond acceptors (Lipinski definition) is 4. The summed E-state index contributed by atoms with van der Waals surface area (Å²) in [4.78, 5) is 4.66. The van der Waals surface area contributed by atoms with Crippen molar-refractivity contribution >= 4 is 23.1 Å². The van der Waals surface area contributed by atoms with Crippen molar-refractivity contribution < 1.29 is 17.6 Å². The van der Waals surface area contributed by atoms with E-state index in [0.717, 1.165) is 25.3 Å². The Morgan fingerprint density at radius 1 is 1.10 bits per heavy atom. The SMILES string of the molecule is C#CCNc1ccc(CN2CCN(c3cc(SCC(F)(F)F)c(C)cc3F)CC2)cc1. The van der Waals surface area contributed by atoms with Gasteiger partial charge in [-0.05, 0) is 42.3 Å². The van der Waals surface area contributed by atoms with E-state index in [-0.39, 0.29) is 0 Å². The molecule has 0 aromatic heterocycles. The second kappa shape index (κ2) is 10.3. The quantitative estimate of drug-likeness (QED) is 0.356. The molecule has 8 heteroatoms. The van der Waals surface area contributed by atoms with Crippen LogP contribution in [0.1, 0.15) is 11.1 Å². The maximum absolute atomic E-state index is 14.6. The zero-order chi connectivity index (χ0) is 22.4. The van der Waals surface area contributed by atoms with E-state index >= 15 is 0 Å². The summed E-state index contributed by atoms with van der Waals surface area (Å²) in [7, 11) is 0. The number of alkyl halides is 3. The fourth-order valence-electron chi connectivity index (χ4n) is 3.49. The molecule has 1 aliphatic rings. The summed E-state index contributed by atoms with van der Waals surface area (Å²) in [5.74, 6) is 1.16. The minimum absolute atomic E-state index is 0.374. The lowest BCUT2D eigenvalue weighted by atomic mass is 10.1. The first-order chi connectivity index (χ1) is 14.7. The van der Waals surface area contributed by atoms with E-state index in [1.807, 2.05) is 17.0 Å². The highest BCUT2D eigenvalue weighted by atomic mass is 32.2. The van der Waals surface area contributed by atoms with Crippen LogP contribution in [0.25, 0.3) is 0 Å². The Balaban J connectivity index is 1.58. The summed E-state index contributed by atoms with van der Waals surface area (Å²) >= 11 is 0.704. The number of aryl methyl sites for hydroxylation is 1. The van der Waals surface area contributed by atoms with Crippen LogP contribution in [0.4, 0.5) is 28.9 Å². The van der Waals surface area contributed by atoms with Crippen molar-refractivity contribution in [3.05, 3.63) is 53.3 Å². The van der Waals surface area contributed by atoms with Gasteiger partial charge in [0.15, 0.2) is 0 Å². The number of piperazine rings is 1. The molecule has 2 aromatic rings. The lowest BCUT2D eigenvalue weighted by Gasteiger charge is -2.36. The predicted molar refractivity (Wildman–Crippen MR) is 119 cm³/mol. The lowest BCUT2D eigenvalue weighted by Crippen LogP contribution is -2.46. The van der Waals surface area contributed by atoms with Crippen LogP contribution < -0.4 is 10.2 Å². The molecule has 1 aliphatic heterocycles. The first kappa shape index (κ1) is 23.3. The minimum atomic E-state index is -4.26. The molecule has 0 amide bonds. The molecule has 1 heterocycles. The van der Waals surface area contributed by atoms with Gasteiger partial charge in [-0.15, -0.1) is 18.2 Å². The molecule has 31 heavy (non-hydrogen) atoms. The van der Waals surface area contributed by atoms with Crippen molar-refractivity contribution in [2.75, 3.05) is 48.7 Å². The van der Waals surface area contributed by atoms with Crippen LogP contribution in [0.3, 0.4) is 0 Å². The van der Waals surface area contributed by atoms with Crippen molar-refractivity contribution in [1.29, 1.82) is 0 Å². The van der Waals surface area contributed by atoms with Crippen LogP contribution in [0.15, 0.2) is 41.3 Å². The molecule has 0 spiro atoms. The van der Waals surface area contributed by atoms with Gasteiger partial charge in [-0.3, -0.25) is 4.90 Å². The molecule has 0 aliphatic carbocycles. The van der Waals surface area contributed by atoms with Crippen molar-refractivity contribution in [3.8, 4) is 12.3 Å². The van der Waals surface area contributed by atoms with Gasteiger partial charge in [0.1, 0.15) is 5.82 Å². The summed E-state index contributed by atoms with van der Waals surface area (Å²) in [5, 5.41) is 3.12. The number of nitrogens with one attached hydrogen (secondary N) is 1. The van der Waals surface area contributed by atoms with E-state index < -0.39 is 17.7 Å². The second-order valence-electron chi connectivity index (χ2n) is 7.49. The molecule has 166 valence electrons. The van der Waals surface area contributed by atoms with Crippen molar-refractivity contribution in [1.82, 2.24) is 4.90 Å². The fraction of sp³-hybridized carbons (Fsp3) is 0.391. The Hall–Kier alpha value is -2.37. The maximum atomic E-state index is 14.6. The van der Waals surface area contributed by atoms with Crippen LogP contribution in [0.2, 0.25) is 0 Å². The van der Waals surface area contributed by atoms with Crippen LogP contribution in [-0.2, 0) is 6.54 Å².